The van der Waals surface area contributed by atoms with E-state index in [9.17, 15) is 0 Å². The Morgan fingerprint density at radius 3 is 2.30 bits per heavy atom. The fraction of sp³-hybridized carbons (Fsp3) is 0.118. The van der Waals surface area contributed by atoms with Gasteiger partial charge in [-0.15, -0.1) is 23.1 Å². The summed E-state index contributed by atoms with van der Waals surface area (Å²) in [6.07, 6.45) is 2.08. The van der Waals surface area contributed by atoms with Crippen molar-refractivity contribution in [1.82, 2.24) is 9.71 Å². The third-order valence-electron chi connectivity index (χ3n) is 3.22. The first-order chi connectivity index (χ1) is 11.3. The summed E-state index contributed by atoms with van der Waals surface area (Å²) >= 11 is 4.97. The third kappa shape index (κ3) is 4.29. The molecule has 23 heavy (non-hydrogen) atoms. The smallest absolute Gasteiger partial charge is 0.187 e. The number of thioether (sulfide) groups is 1. The second-order valence-electron chi connectivity index (χ2n) is 4.72. The van der Waals surface area contributed by atoms with Gasteiger partial charge in [-0.3, -0.25) is 4.72 Å². The molecule has 0 aliphatic carbocycles. The first kappa shape index (κ1) is 16.4. The van der Waals surface area contributed by atoms with Crippen LogP contribution in [0.5, 0.6) is 0 Å². The molecule has 0 radical (unpaired) electrons. The van der Waals surface area contributed by atoms with Crippen LogP contribution in [0.25, 0.3) is 11.3 Å². The lowest BCUT2D eigenvalue weighted by molar-refractivity contribution is 1.28. The van der Waals surface area contributed by atoms with Crippen LogP contribution in [0, 0.1) is 0 Å². The van der Waals surface area contributed by atoms with E-state index in [1.807, 2.05) is 7.05 Å². The van der Waals surface area contributed by atoms with Crippen molar-refractivity contribution in [1.29, 1.82) is 0 Å². The number of aromatic nitrogens is 1. The van der Waals surface area contributed by atoms with Crippen LogP contribution in [-0.2, 0) is 0 Å². The molecule has 3 nitrogen and oxygen atoms in total. The number of nitrogens with zero attached hydrogens (tertiary/aromatic N) is 1. The van der Waals surface area contributed by atoms with E-state index >= 15 is 0 Å². The number of rotatable bonds is 6. The quantitative estimate of drug-likeness (QED) is 0.449. The maximum Gasteiger partial charge on any atom is 0.187 e. The van der Waals surface area contributed by atoms with E-state index in [0.717, 1.165) is 22.1 Å². The summed E-state index contributed by atoms with van der Waals surface area (Å²) in [7, 11) is 1.92. The van der Waals surface area contributed by atoms with E-state index in [1.165, 1.54) is 9.79 Å². The van der Waals surface area contributed by atoms with Gasteiger partial charge >= 0.3 is 0 Å². The molecule has 6 heteroatoms. The maximum absolute atomic E-state index is 4.67. The lowest BCUT2D eigenvalue weighted by atomic mass is 10.2. The molecule has 3 rings (SSSR count). The molecular formula is C17H17N3S3. The van der Waals surface area contributed by atoms with Gasteiger partial charge in [0.15, 0.2) is 5.13 Å². The molecule has 1 aromatic heterocycles. The average Bonchev–Trinajstić information content (AvgIpc) is 3.05. The van der Waals surface area contributed by atoms with E-state index in [-0.39, 0.29) is 0 Å². The van der Waals surface area contributed by atoms with Crippen LogP contribution in [0.2, 0.25) is 0 Å². The number of hydrogen-bond donors (Lipinski definition) is 2. The highest BCUT2D eigenvalue weighted by atomic mass is 32.2. The number of benzene rings is 2. The van der Waals surface area contributed by atoms with Crippen LogP contribution < -0.4 is 10.0 Å². The molecule has 118 valence electrons. The van der Waals surface area contributed by atoms with Gasteiger partial charge in [0.1, 0.15) is 0 Å². The normalized spacial score (nSPS) is 10.7. The molecule has 0 aliphatic rings. The van der Waals surface area contributed by atoms with Gasteiger partial charge in [-0.1, -0.05) is 12.1 Å². The molecule has 0 saturated heterocycles. The second-order valence-corrected chi connectivity index (χ2v) is 7.54. The van der Waals surface area contributed by atoms with Gasteiger partial charge < -0.3 is 5.32 Å². The van der Waals surface area contributed by atoms with Crippen molar-refractivity contribution in [3.8, 4) is 11.3 Å². The topological polar surface area (TPSA) is 37.0 Å². The van der Waals surface area contributed by atoms with E-state index in [0.29, 0.717) is 0 Å². The van der Waals surface area contributed by atoms with Crippen LogP contribution >= 0.6 is 35.0 Å². The minimum absolute atomic E-state index is 0.906. The number of hydrogen-bond acceptors (Lipinski definition) is 6. The van der Waals surface area contributed by atoms with Crippen LogP contribution in [0.4, 0.5) is 10.8 Å². The highest BCUT2D eigenvalue weighted by Crippen LogP contribution is 2.29. The molecule has 0 amide bonds. The first-order valence-corrected chi connectivity index (χ1v) is 10.0. The zero-order valence-corrected chi connectivity index (χ0v) is 15.3. The summed E-state index contributed by atoms with van der Waals surface area (Å²) in [5.41, 5.74) is 3.20. The Morgan fingerprint density at radius 1 is 0.957 bits per heavy atom. The van der Waals surface area contributed by atoms with E-state index in [1.54, 1.807) is 35.0 Å². The van der Waals surface area contributed by atoms with E-state index in [4.69, 9.17) is 0 Å². The zero-order chi connectivity index (χ0) is 16.1. The average molecular weight is 360 g/mol. The van der Waals surface area contributed by atoms with Crippen molar-refractivity contribution in [2.45, 2.75) is 9.79 Å². The van der Waals surface area contributed by atoms with Crippen LogP contribution in [-0.4, -0.2) is 18.3 Å². The van der Waals surface area contributed by atoms with Crippen molar-refractivity contribution >= 4 is 45.9 Å². The number of thiazole rings is 1. The molecule has 1 heterocycles. The predicted octanol–water partition coefficient (Wildman–Crippen LogP) is 5.50. The van der Waals surface area contributed by atoms with Gasteiger partial charge in [0, 0.05) is 26.4 Å². The third-order valence-corrected chi connectivity index (χ3v) is 5.43. The van der Waals surface area contributed by atoms with E-state index < -0.39 is 0 Å². The van der Waals surface area contributed by atoms with Crippen LogP contribution in [0.1, 0.15) is 0 Å². The van der Waals surface area contributed by atoms with Gasteiger partial charge in [-0.25, -0.2) is 4.98 Å². The van der Waals surface area contributed by atoms with Gasteiger partial charge in [0.2, 0.25) is 0 Å². The molecular weight excluding hydrogens is 342 g/mol. The van der Waals surface area contributed by atoms with Gasteiger partial charge in [0.05, 0.1) is 5.69 Å². The standard InChI is InChI=1S/C17H17N3S3/c1-18-23-15-9-5-13(6-10-15)19-17-20-16(11-22-17)12-3-7-14(21-2)8-4-12/h3-11,18H,1-2H3,(H,19,20). The van der Waals surface area contributed by atoms with Crippen molar-refractivity contribution in [2.75, 3.05) is 18.6 Å². The Hall–Kier alpha value is -1.47. The minimum Gasteiger partial charge on any atom is -0.332 e. The largest absolute Gasteiger partial charge is 0.332 e. The summed E-state index contributed by atoms with van der Waals surface area (Å²) in [5.74, 6) is 0. The molecule has 3 aromatic rings. The second kappa shape index (κ2) is 7.88. The Balaban J connectivity index is 1.71. The SMILES string of the molecule is CNSc1ccc(Nc2nc(-c3ccc(SC)cc3)cs2)cc1. The van der Waals surface area contributed by atoms with Gasteiger partial charge in [-0.05, 0) is 61.6 Å². The Labute approximate surface area is 149 Å². The Bertz CT molecular complexity index is 752. The molecule has 0 fully saturated rings. The molecule has 0 bridgehead atoms. The van der Waals surface area contributed by atoms with E-state index in [2.05, 4.69) is 75.2 Å². The summed E-state index contributed by atoms with van der Waals surface area (Å²) in [6.45, 7) is 0. The molecule has 0 atom stereocenters. The zero-order valence-electron chi connectivity index (χ0n) is 12.9. The van der Waals surface area contributed by atoms with Gasteiger partial charge in [-0.2, -0.15) is 0 Å². The molecule has 2 N–H and O–H groups in total. The highest BCUT2D eigenvalue weighted by Gasteiger charge is 2.05. The van der Waals surface area contributed by atoms with Crippen LogP contribution in [0.3, 0.4) is 0 Å². The Morgan fingerprint density at radius 2 is 1.65 bits per heavy atom. The molecule has 2 aromatic carbocycles. The lowest BCUT2D eigenvalue weighted by Crippen LogP contribution is -1.92. The maximum atomic E-state index is 4.67. The van der Waals surface area contributed by atoms with Crippen LogP contribution in [0.15, 0.2) is 63.7 Å². The van der Waals surface area contributed by atoms with Crippen molar-refractivity contribution in [3.05, 3.63) is 53.9 Å². The van der Waals surface area contributed by atoms with Crippen molar-refractivity contribution in [2.24, 2.45) is 0 Å². The monoisotopic (exact) mass is 359 g/mol. The van der Waals surface area contributed by atoms with Crippen molar-refractivity contribution in [3.63, 3.8) is 0 Å². The number of anilines is 2. The summed E-state index contributed by atoms with van der Waals surface area (Å²) < 4.78 is 3.07. The summed E-state index contributed by atoms with van der Waals surface area (Å²) in [5, 5.41) is 6.35. The minimum atomic E-state index is 0.906. The molecule has 0 spiro atoms. The summed E-state index contributed by atoms with van der Waals surface area (Å²) in [4.78, 5) is 7.13. The number of nitrogens with one attached hydrogen (secondary N) is 2. The Kier molecular flexibility index (Phi) is 5.61. The van der Waals surface area contributed by atoms with Crippen molar-refractivity contribution < 1.29 is 0 Å². The first-order valence-electron chi connectivity index (χ1n) is 7.09. The molecule has 0 unspecified atom stereocenters. The fourth-order valence-electron chi connectivity index (χ4n) is 2.07. The summed E-state index contributed by atoms with van der Waals surface area (Å²) in [6, 6.07) is 16.8. The fourth-order valence-corrected chi connectivity index (χ4v) is 3.73. The molecule has 0 aliphatic heterocycles. The highest BCUT2D eigenvalue weighted by molar-refractivity contribution is 7.98. The van der Waals surface area contributed by atoms with Gasteiger partial charge in [0.25, 0.3) is 0 Å². The molecule has 0 saturated carbocycles. The predicted molar refractivity (Wildman–Crippen MR) is 104 cm³/mol. The lowest BCUT2D eigenvalue weighted by Gasteiger charge is -2.04.